The smallest absolute Gasteiger partial charge is 0.307 e. The van der Waals surface area contributed by atoms with Crippen molar-refractivity contribution in [2.75, 3.05) is 0 Å². The lowest BCUT2D eigenvalue weighted by Crippen LogP contribution is -2.08. The molecule has 23 heavy (non-hydrogen) atoms. The summed E-state index contributed by atoms with van der Waals surface area (Å²) in [6.45, 7) is 0. The molecule has 3 aromatic rings. The largest absolute Gasteiger partial charge is 0.481 e. The molecule has 0 atom stereocenters. The second kappa shape index (κ2) is 5.85. The van der Waals surface area contributed by atoms with Crippen LogP contribution in [0.2, 0.25) is 5.02 Å². The molecule has 0 fully saturated rings. The Morgan fingerprint density at radius 2 is 1.83 bits per heavy atom. The van der Waals surface area contributed by atoms with Gasteiger partial charge in [-0.15, -0.1) is 0 Å². The maximum atomic E-state index is 13.5. The van der Waals surface area contributed by atoms with Gasteiger partial charge in [0.05, 0.1) is 12.1 Å². The van der Waals surface area contributed by atoms with Crippen LogP contribution in [-0.4, -0.2) is 21.8 Å². The van der Waals surface area contributed by atoms with E-state index >= 15 is 0 Å². The Kier molecular flexibility index (Phi) is 3.88. The summed E-state index contributed by atoms with van der Waals surface area (Å²) >= 11 is 5.81. The van der Waals surface area contributed by atoms with Crippen molar-refractivity contribution < 1.29 is 19.1 Å². The van der Waals surface area contributed by atoms with Crippen LogP contribution in [0.3, 0.4) is 0 Å². The zero-order chi connectivity index (χ0) is 16.6. The molecule has 1 heterocycles. The first-order valence-electron chi connectivity index (χ1n) is 6.78. The van der Waals surface area contributed by atoms with Crippen LogP contribution in [0.15, 0.2) is 42.5 Å². The number of carboxylic acid groups (broad SMARTS) is 1. The summed E-state index contributed by atoms with van der Waals surface area (Å²) in [4.78, 5) is 26.7. The second-order valence-electron chi connectivity index (χ2n) is 5.07. The van der Waals surface area contributed by atoms with Crippen LogP contribution in [0.5, 0.6) is 0 Å². The standard InChI is InChI=1S/C17H11ClFNO3/c18-10-3-1-9(2-4-10)17(23)16-13(8-15(21)22)12-7-11(19)5-6-14(12)20-16/h1-7,20H,8H2,(H,21,22). The summed E-state index contributed by atoms with van der Waals surface area (Å²) in [5, 5.41) is 9.98. The first kappa shape index (κ1) is 15.2. The SMILES string of the molecule is O=C(O)Cc1c(C(=O)c2ccc(Cl)cc2)[nH]c2ccc(F)cc12. The predicted octanol–water partition coefficient (Wildman–Crippen LogP) is 3.82. The van der Waals surface area contributed by atoms with Gasteiger partial charge in [-0.1, -0.05) is 11.6 Å². The van der Waals surface area contributed by atoms with E-state index in [0.717, 1.165) is 0 Å². The van der Waals surface area contributed by atoms with Crippen molar-refractivity contribution in [1.82, 2.24) is 4.98 Å². The van der Waals surface area contributed by atoms with E-state index in [2.05, 4.69) is 4.98 Å². The Balaban J connectivity index is 2.17. The van der Waals surface area contributed by atoms with Crippen molar-refractivity contribution in [3.63, 3.8) is 0 Å². The normalized spacial score (nSPS) is 10.9. The van der Waals surface area contributed by atoms with Crippen LogP contribution in [-0.2, 0) is 11.2 Å². The van der Waals surface area contributed by atoms with Gasteiger partial charge in [0, 0.05) is 27.1 Å². The molecular formula is C17H11ClFNO3. The zero-order valence-corrected chi connectivity index (χ0v) is 12.5. The Morgan fingerprint density at radius 1 is 1.13 bits per heavy atom. The number of halogens is 2. The van der Waals surface area contributed by atoms with Crippen LogP contribution >= 0.6 is 11.6 Å². The topological polar surface area (TPSA) is 70.2 Å². The van der Waals surface area contributed by atoms with Gasteiger partial charge in [0.25, 0.3) is 0 Å². The quantitative estimate of drug-likeness (QED) is 0.714. The Bertz CT molecular complexity index is 915. The first-order chi connectivity index (χ1) is 11.0. The number of H-pyrrole nitrogens is 1. The van der Waals surface area contributed by atoms with Crippen LogP contribution < -0.4 is 0 Å². The third kappa shape index (κ3) is 2.96. The number of aliphatic carboxylic acids is 1. The summed E-state index contributed by atoms with van der Waals surface area (Å²) < 4.78 is 13.5. The van der Waals surface area contributed by atoms with Gasteiger partial charge >= 0.3 is 5.97 Å². The zero-order valence-electron chi connectivity index (χ0n) is 11.8. The number of hydrogen-bond donors (Lipinski definition) is 2. The Morgan fingerprint density at radius 3 is 2.48 bits per heavy atom. The number of fused-ring (bicyclic) bond motifs is 1. The van der Waals surface area contributed by atoms with Crippen LogP contribution in [0.25, 0.3) is 10.9 Å². The molecule has 0 aliphatic heterocycles. The summed E-state index contributed by atoms with van der Waals surface area (Å²) in [5.74, 6) is -1.96. The summed E-state index contributed by atoms with van der Waals surface area (Å²) in [6.07, 6.45) is -0.377. The minimum Gasteiger partial charge on any atom is -0.481 e. The van der Waals surface area contributed by atoms with E-state index in [1.54, 1.807) is 24.3 Å². The maximum absolute atomic E-state index is 13.5. The second-order valence-corrected chi connectivity index (χ2v) is 5.51. The van der Waals surface area contributed by atoms with Crippen LogP contribution in [0.4, 0.5) is 4.39 Å². The predicted molar refractivity (Wildman–Crippen MR) is 84.5 cm³/mol. The summed E-state index contributed by atoms with van der Waals surface area (Å²) in [7, 11) is 0. The Hall–Kier alpha value is -2.66. The van der Waals surface area contributed by atoms with Gasteiger partial charge in [-0.05, 0) is 42.5 Å². The van der Waals surface area contributed by atoms with Crippen molar-refractivity contribution in [2.24, 2.45) is 0 Å². The van der Waals surface area contributed by atoms with Crippen molar-refractivity contribution >= 4 is 34.3 Å². The molecule has 2 aromatic carbocycles. The number of benzene rings is 2. The molecule has 0 unspecified atom stereocenters. The molecule has 0 radical (unpaired) electrons. The maximum Gasteiger partial charge on any atom is 0.307 e. The molecule has 0 saturated heterocycles. The molecule has 0 saturated carbocycles. The highest BCUT2D eigenvalue weighted by Crippen LogP contribution is 2.26. The van der Waals surface area contributed by atoms with Crippen molar-refractivity contribution in [3.8, 4) is 0 Å². The van der Waals surface area contributed by atoms with Crippen LogP contribution in [0, 0.1) is 5.82 Å². The molecule has 4 nitrogen and oxygen atoms in total. The van der Waals surface area contributed by atoms with E-state index in [9.17, 15) is 14.0 Å². The summed E-state index contributed by atoms with van der Waals surface area (Å²) in [6, 6.07) is 10.2. The van der Waals surface area contributed by atoms with E-state index < -0.39 is 11.8 Å². The average Bonchev–Trinajstić information content (AvgIpc) is 2.85. The van der Waals surface area contributed by atoms with Gasteiger partial charge in [0.15, 0.2) is 0 Å². The highest BCUT2D eigenvalue weighted by molar-refractivity contribution is 6.30. The molecule has 3 rings (SSSR count). The average molecular weight is 332 g/mol. The lowest BCUT2D eigenvalue weighted by atomic mass is 10.0. The van der Waals surface area contributed by atoms with Gasteiger partial charge in [-0.25, -0.2) is 4.39 Å². The third-order valence-corrected chi connectivity index (χ3v) is 3.78. The molecular weight excluding hydrogens is 321 g/mol. The Labute approximate surface area is 135 Å². The molecule has 0 spiro atoms. The molecule has 0 aliphatic rings. The third-order valence-electron chi connectivity index (χ3n) is 3.53. The number of carboxylic acids is 1. The number of rotatable bonds is 4. The van der Waals surface area contributed by atoms with E-state index in [1.165, 1.54) is 18.2 Å². The monoisotopic (exact) mass is 331 g/mol. The van der Waals surface area contributed by atoms with Crippen LogP contribution in [0.1, 0.15) is 21.6 Å². The molecule has 116 valence electrons. The number of aromatic amines is 1. The first-order valence-corrected chi connectivity index (χ1v) is 7.15. The fraction of sp³-hybridized carbons (Fsp3) is 0.0588. The van der Waals surface area contributed by atoms with Crippen molar-refractivity contribution in [1.29, 1.82) is 0 Å². The number of aromatic nitrogens is 1. The number of carbonyl (C=O) groups excluding carboxylic acids is 1. The molecule has 2 N–H and O–H groups in total. The van der Waals surface area contributed by atoms with Gasteiger partial charge in [-0.3, -0.25) is 9.59 Å². The molecule has 1 aromatic heterocycles. The lowest BCUT2D eigenvalue weighted by molar-refractivity contribution is -0.136. The van der Waals surface area contributed by atoms with E-state index in [1.807, 2.05) is 0 Å². The lowest BCUT2D eigenvalue weighted by Gasteiger charge is -2.03. The van der Waals surface area contributed by atoms with Gasteiger partial charge < -0.3 is 10.1 Å². The fourth-order valence-electron chi connectivity index (χ4n) is 2.49. The minimum atomic E-state index is -1.10. The molecule has 0 aliphatic carbocycles. The number of nitrogens with one attached hydrogen (secondary N) is 1. The molecule has 0 amide bonds. The number of hydrogen-bond acceptors (Lipinski definition) is 2. The van der Waals surface area contributed by atoms with Gasteiger partial charge in [0.1, 0.15) is 5.82 Å². The highest BCUT2D eigenvalue weighted by Gasteiger charge is 2.21. The van der Waals surface area contributed by atoms with Gasteiger partial charge in [-0.2, -0.15) is 0 Å². The van der Waals surface area contributed by atoms with Crippen molar-refractivity contribution in [2.45, 2.75) is 6.42 Å². The highest BCUT2D eigenvalue weighted by atomic mass is 35.5. The van der Waals surface area contributed by atoms with Crippen molar-refractivity contribution in [3.05, 3.63) is 70.1 Å². The van der Waals surface area contributed by atoms with E-state index in [4.69, 9.17) is 16.7 Å². The minimum absolute atomic E-state index is 0.148. The number of ketones is 1. The van der Waals surface area contributed by atoms with Gasteiger partial charge in [0.2, 0.25) is 5.78 Å². The van der Waals surface area contributed by atoms with E-state index in [-0.39, 0.29) is 23.5 Å². The molecule has 6 heteroatoms. The summed E-state index contributed by atoms with van der Waals surface area (Å²) in [5.41, 5.74) is 1.30. The molecule has 0 bridgehead atoms. The van der Waals surface area contributed by atoms with E-state index in [0.29, 0.717) is 21.5 Å². The fourth-order valence-corrected chi connectivity index (χ4v) is 2.62. The number of carbonyl (C=O) groups is 2.